The number of hydrogen-bond donors (Lipinski definition) is 1. The maximum absolute atomic E-state index is 12.5. The first-order valence-electron chi connectivity index (χ1n) is 4.90. The summed E-state index contributed by atoms with van der Waals surface area (Å²) in [5.74, 6) is 1.23. The molecule has 0 atom stereocenters. The molecule has 2 N–H and O–H groups in total. The summed E-state index contributed by atoms with van der Waals surface area (Å²) in [7, 11) is 0. The largest absolute Gasteiger partial charge is 0.418 e. The maximum atomic E-state index is 12.5. The average molecular weight is 249 g/mol. The Balaban J connectivity index is 2.90. The van der Waals surface area contributed by atoms with Crippen molar-refractivity contribution in [2.75, 3.05) is 11.5 Å². The van der Waals surface area contributed by atoms with Gasteiger partial charge in [-0.25, -0.2) is 0 Å². The van der Waals surface area contributed by atoms with E-state index in [0.717, 1.165) is 11.8 Å². The van der Waals surface area contributed by atoms with Gasteiger partial charge < -0.3 is 5.73 Å². The van der Waals surface area contributed by atoms with Gasteiger partial charge in [-0.2, -0.15) is 13.2 Å². The Morgan fingerprint density at radius 1 is 1.31 bits per heavy atom. The van der Waals surface area contributed by atoms with Crippen molar-refractivity contribution in [2.45, 2.75) is 24.9 Å². The molecule has 0 saturated heterocycles. The van der Waals surface area contributed by atoms with E-state index >= 15 is 0 Å². The molecule has 0 aliphatic carbocycles. The number of halogens is 3. The van der Waals surface area contributed by atoms with E-state index in [-0.39, 0.29) is 5.69 Å². The van der Waals surface area contributed by atoms with Crippen LogP contribution in [0.2, 0.25) is 0 Å². The zero-order chi connectivity index (χ0) is 12.3. The molecule has 0 amide bonds. The van der Waals surface area contributed by atoms with E-state index < -0.39 is 11.7 Å². The summed E-state index contributed by atoms with van der Waals surface area (Å²) in [5.41, 5.74) is 4.33. The predicted octanol–water partition coefficient (Wildman–Crippen LogP) is 4.04. The van der Waals surface area contributed by atoms with Crippen LogP contribution in [0.3, 0.4) is 0 Å². The van der Waals surface area contributed by atoms with Crippen LogP contribution in [0.25, 0.3) is 0 Å². The van der Waals surface area contributed by atoms with Gasteiger partial charge in [0, 0.05) is 16.3 Å². The molecule has 1 nitrogen and oxygen atoms in total. The summed E-state index contributed by atoms with van der Waals surface area (Å²) in [6, 6.07) is 4.05. The molecule has 0 heterocycles. The fourth-order valence-electron chi connectivity index (χ4n) is 1.13. The first-order valence-corrected chi connectivity index (χ1v) is 5.89. The van der Waals surface area contributed by atoms with Crippen molar-refractivity contribution < 1.29 is 13.2 Å². The Morgan fingerprint density at radius 3 is 2.44 bits per heavy atom. The minimum atomic E-state index is -4.38. The van der Waals surface area contributed by atoms with Crippen LogP contribution < -0.4 is 5.73 Å². The molecule has 0 aliphatic rings. The second-order valence-electron chi connectivity index (χ2n) is 3.95. The molecule has 16 heavy (non-hydrogen) atoms. The van der Waals surface area contributed by atoms with Crippen LogP contribution in [0, 0.1) is 5.92 Å². The maximum Gasteiger partial charge on any atom is 0.418 e. The Hall–Kier alpha value is -0.840. The Morgan fingerprint density at radius 2 is 1.94 bits per heavy atom. The second kappa shape index (κ2) is 4.99. The van der Waals surface area contributed by atoms with Gasteiger partial charge >= 0.3 is 6.18 Å². The van der Waals surface area contributed by atoms with E-state index in [1.165, 1.54) is 17.8 Å². The van der Waals surface area contributed by atoms with Crippen molar-refractivity contribution in [1.29, 1.82) is 0 Å². The summed E-state index contributed by atoms with van der Waals surface area (Å²) in [4.78, 5) is 0.607. The third kappa shape index (κ3) is 3.63. The van der Waals surface area contributed by atoms with Crippen LogP contribution in [0.15, 0.2) is 23.1 Å². The highest BCUT2D eigenvalue weighted by atomic mass is 32.2. The monoisotopic (exact) mass is 249 g/mol. The van der Waals surface area contributed by atoms with Gasteiger partial charge in [-0.05, 0) is 24.1 Å². The van der Waals surface area contributed by atoms with Crippen molar-refractivity contribution in [2.24, 2.45) is 5.92 Å². The van der Waals surface area contributed by atoms with Gasteiger partial charge in [0.1, 0.15) is 0 Å². The Bertz CT molecular complexity index is 361. The third-order valence-electron chi connectivity index (χ3n) is 1.91. The zero-order valence-electron chi connectivity index (χ0n) is 9.14. The molecular weight excluding hydrogens is 235 g/mol. The standard InChI is InChI=1S/C11H14F3NS/c1-7(2)6-16-8-3-4-10(15)9(5-8)11(12,13)14/h3-5,7H,6,15H2,1-2H3. The van der Waals surface area contributed by atoms with Crippen molar-refractivity contribution in [3.8, 4) is 0 Å². The van der Waals surface area contributed by atoms with Gasteiger partial charge in [-0.15, -0.1) is 11.8 Å². The number of thioether (sulfide) groups is 1. The van der Waals surface area contributed by atoms with Gasteiger partial charge in [0.05, 0.1) is 5.56 Å². The van der Waals surface area contributed by atoms with Gasteiger partial charge in [0.2, 0.25) is 0 Å². The van der Waals surface area contributed by atoms with Crippen LogP contribution in [0.4, 0.5) is 18.9 Å². The SMILES string of the molecule is CC(C)CSc1ccc(N)c(C(F)(F)F)c1. The van der Waals surface area contributed by atoms with Crippen molar-refractivity contribution in [3.63, 3.8) is 0 Å². The molecule has 90 valence electrons. The average Bonchev–Trinajstić information content (AvgIpc) is 2.14. The first kappa shape index (κ1) is 13.2. The third-order valence-corrected chi connectivity index (χ3v) is 3.33. The number of hydrogen-bond acceptors (Lipinski definition) is 2. The fraction of sp³-hybridized carbons (Fsp3) is 0.455. The predicted molar refractivity (Wildman–Crippen MR) is 61.4 cm³/mol. The summed E-state index contributed by atoms with van der Waals surface area (Å²) in [6.45, 7) is 4.05. The molecule has 0 unspecified atom stereocenters. The second-order valence-corrected chi connectivity index (χ2v) is 5.05. The highest BCUT2D eigenvalue weighted by molar-refractivity contribution is 7.99. The first-order chi connectivity index (χ1) is 7.30. The lowest BCUT2D eigenvalue weighted by molar-refractivity contribution is -0.137. The van der Waals surface area contributed by atoms with Crippen LogP contribution in [-0.4, -0.2) is 5.75 Å². The van der Waals surface area contributed by atoms with Crippen molar-refractivity contribution in [3.05, 3.63) is 23.8 Å². The molecule has 0 radical (unpaired) electrons. The van der Waals surface area contributed by atoms with E-state index in [1.807, 2.05) is 13.8 Å². The molecule has 0 spiro atoms. The number of rotatable bonds is 3. The number of benzene rings is 1. The van der Waals surface area contributed by atoms with E-state index in [4.69, 9.17) is 5.73 Å². The van der Waals surface area contributed by atoms with Crippen LogP contribution in [-0.2, 0) is 6.18 Å². The van der Waals surface area contributed by atoms with Gasteiger partial charge in [-0.1, -0.05) is 13.8 Å². The van der Waals surface area contributed by atoms with Crippen molar-refractivity contribution >= 4 is 17.4 Å². The minimum absolute atomic E-state index is 0.221. The van der Waals surface area contributed by atoms with Crippen LogP contribution in [0.5, 0.6) is 0 Å². The molecule has 5 heteroatoms. The van der Waals surface area contributed by atoms with Crippen LogP contribution >= 0.6 is 11.8 Å². The number of anilines is 1. The zero-order valence-corrected chi connectivity index (χ0v) is 9.95. The molecular formula is C11H14F3NS. The minimum Gasteiger partial charge on any atom is -0.398 e. The molecule has 1 aromatic rings. The number of alkyl halides is 3. The van der Waals surface area contributed by atoms with Crippen molar-refractivity contribution in [1.82, 2.24) is 0 Å². The lowest BCUT2D eigenvalue weighted by atomic mass is 10.2. The lowest BCUT2D eigenvalue weighted by Crippen LogP contribution is -2.08. The highest BCUT2D eigenvalue weighted by Crippen LogP contribution is 2.36. The van der Waals surface area contributed by atoms with E-state index in [9.17, 15) is 13.2 Å². The number of nitrogens with two attached hydrogens (primary N) is 1. The van der Waals surface area contributed by atoms with E-state index in [1.54, 1.807) is 6.07 Å². The van der Waals surface area contributed by atoms with E-state index in [0.29, 0.717) is 10.8 Å². The summed E-state index contributed by atoms with van der Waals surface area (Å²) < 4.78 is 37.6. The molecule has 1 aromatic carbocycles. The van der Waals surface area contributed by atoms with Gasteiger partial charge in [-0.3, -0.25) is 0 Å². The highest BCUT2D eigenvalue weighted by Gasteiger charge is 2.33. The molecule has 0 bridgehead atoms. The topological polar surface area (TPSA) is 26.0 Å². The van der Waals surface area contributed by atoms with Gasteiger partial charge in [0.15, 0.2) is 0 Å². The smallest absolute Gasteiger partial charge is 0.398 e. The Kier molecular flexibility index (Phi) is 4.13. The molecule has 0 fully saturated rings. The normalized spacial score (nSPS) is 12.1. The summed E-state index contributed by atoms with van der Waals surface area (Å²) >= 11 is 1.41. The van der Waals surface area contributed by atoms with Crippen LogP contribution in [0.1, 0.15) is 19.4 Å². The lowest BCUT2D eigenvalue weighted by Gasteiger charge is -2.12. The fourth-order valence-corrected chi connectivity index (χ4v) is 2.02. The molecule has 0 aromatic heterocycles. The molecule has 0 aliphatic heterocycles. The summed E-state index contributed by atoms with van der Waals surface area (Å²) in [6.07, 6.45) is -4.38. The number of nitrogen functional groups attached to an aromatic ring is 1. The van der Waals surface area contributed by atoms with E-state index in [2.05, 4.69) is 0 Å². The van der Waals surface area contributed by atoms with Gasteiger partial charge in [0.25, 0.3) is 0 Å². The molecule has 0 saturated carbocycles. The molecule has 1 rings (SSSR count). The quantitative estimate of drug-likeness (QED) is 0.646. The Labute approximate surface area is 97.2 Å². The summed E-state index contributed by atoms with van der Waals surface area (Å²) in [5, 5.41) is 0.